The molecule has 6 heteroatoms. The molecule has 0 fully saturated rings. The highest BCUT2D eigenvalue weighted by atomic mass is 35.5. The number of benzene rings is 1. The van der Waals surface area contributed by atoms with E-state index in [0.717, 1.165) is 15.3 Å². The average Bonchev–Trinajstić information content (AvgIpc) is 2.27. The second-order valence-electron chi connectivity index (χ2n) is 4.03. The average molecular weight is 290 g/mol. The molecule has 0 saturated carbocycles. The van der Waals surface area contributed by atoms with Gasteiger partial charge >= 0.3 is 0 Å². The molecule has 1 unspecified atom stereocenters. The Morgan fingerprint density at radius 3 is 2.44 bits per heavy atom. The molecule has 1 rings (SSSR count). The predicted octanol–water partition coefficient (Wildman–Crippen LogP) is 1.95. The number of hydrogen-bond acceptors (Lipinski definition) is 3. The topological polar surface area (TPSA) is 57.6 Å². The van der Waals surface area contributed by atoms with Crippen molar-refractivity contribution in [3.8, 4) is 0 Å². The summed E-state index contributed by atoms with van der Waals surface area (Å²) >= 11 is 5.73. The maximum absolute atomic E-state index is 11.8. The zero-order valence-electron chi connectivity index (χ0n) is 10.2. The number of likely N-dealkylation sites (N-methyl/N-ethyl adjacent to an activating group) is 1. The molecule has 1 aromatic rings. The monoisotopic (exact) mass is 289 g/mol. The normalized spacial score (nSPS) is 14.3. The first-order chi connectivity index (χ1) is 8.31. The van der Waals surface area contributed by atoms with Crippen LogP contribution in [0.1, 0.15) is 12.5 Å². The lowest BCUT2D eigenvalue weighted by Crippen LogP contribution is -2.31. The van der Waals surface area contributed by atoms with Gasteiger partial charge in [0.1, 0.15) is 0 Å². The molecule has 0 saturated heterocycles. The van der Waals surface area contributed by atoms with Crippen LogP contribution in [0.4, 0.5) is 0 Å². The van der Waals surface area contributed by atoms with Crippen LogP contribution in [-0.2, 0) is 10.0 Å². The molecule has 4 nitrogen and oxygen atoms in total. The number of rotatable bonds is 5. The van der Waals surface area contributed by atoms with Crippen LogP contribution in [0.15, 0.2) is 29.7 Å². The molecule has 0 spiro atoms. The number of aliphatic hydroxyl groups is 1. The number of hydrogen-bond donors (Lipinski definition) is 1. The van der Waals surface area contributed by atoms with Gasteiger partial charge in [-0.2, -0.15) is 4.31 Å². The van der Waals surface area contributed by atoms with E-state index in [9.17, 15) is 8.42 Å². The first kappa shape index (κ1) is 15.2. The molecule has 0 bridgehead atoms. The minimum Gasteiger partial charge on any atom is -0.392 e. The molecule has 0 radical (unpaired) electrons. The van der Waals surface area contributed by atoms with E-state index >= 15 is 0 Å². The van der Waals surface area contributed by atoms with Gasteiger partial charge in [-0.25, -0.2) is 8.42 Å². The summed E-state index contributed by atoms with van der Waals surface area (Å²) in [6.45, 7) is 1.60. The quantitative estimate of drug-likeness (QED) is 0.901. The van der Waals surface area contributed by atoms with Gasteiger partial charge < -0.3 is 5.11 Å². The molecule has 100 valence electrons. The summed E-state index contributed by atoms with van der Waals surface area (Å²) in [7, 11) is -2.08. The number of aliphatic hydroxyl groups excluding tert-OH is 1. The Morgan fingerprint density at radius 1 is 1.39 bits per heavy atom. The van der Waals surface area contributed by atoms with Crippen molar-refractivity contribution in [3.63, 3.8) is 0 Å². The Kier molecular flexibility index (Phi) is 5.34. The molecule has 0 amide bonds. The van der Waals surface area contributed by atoms with E-state index in [0.29, 0.717) is 5.02 Å². The minimum atomic E-state index is -3.50. The number of halogens is 1. The Balaban J connectivity index is 2.79. The van der Waals surface area contributed by atoms with Gasteiger partial charge in [0.25, 0.3) is 0 Å². The smallest absolute Gasteiger partial charge is 0.236 e. The highest BCUT2D eigenvalue weighted by molar-refractivity contribution is 7.92. The van der Waals surface area contributed by atoms with Crippen molar-refractivity contribution >= 4 is 27.7 Å². The van der Waals surface area contributed by atoms with Gasteiger partial charge in [0.15, 0.2) is 0 Å². The van der Waals surface area contributed by atoms with E-state index in [2.05, 4.69) is 0 Å². The standard InChI is InChI=1S/C12H16ClNO3S/c1-10(15)9-14(2)18(16,17)8-7-11-3-5-12(13)6-4-11/h3-8,10,15H,9H2,1-2H3. The molecular formula is C12H16ClNO3S. The largest absolute Gasteiger partial charge is 0.392 e. The summed E-state index contributed by atoms with van der Waals surface area (Å²) < 4.78 is 24.7. The third-order valence-corrected chi connectivity index (χ3v) is 4.01. The molecule has 0 aliphatic carbocycles. The zero-order valence-corrected chi connectivity index (χ0v) is 11.8. The summed E-state index contributed by atoms with van der Waals surface area (Å²) in [5.74, 6) is 0. The van der Waals surface area contributed by atoms with Gasteiger partial charge in [0.2, 0.25) is 10.0 Å². The van der Waals surface area contributed by atoms with Gasteiger partial charge in [-0.1, -0.05) is 23.7 Å². The summed E-state index contributed by atoms with van der Waals surface area (Å²) in [5, 5.41) is 10.9. The van der Waals surface area contributed by atoms with E-state index in [4.69, 9.17) is 16.7 Å². The highest BCUT2D eigenvalue weighted by Crippen LogP contribution is 2.12. The van der Waals surface area contributed by atoms with Crippen molar-refractivity contribution in [3.05, 3.63) is 40.3 Å². The fourth-order valence-electron chi connectivity index (χ4n) is 1.32. The SMILES string of the molecule is CC(O)CN(C)S(=O)(=O)C=Cc1ccc(Cl)cc1. The minimum absolute atomic E-state index is 0.0628. The van der Waals surface area contributed by atoms with Crippen LogP contribution in [0, 0.1) is 0 Å². The lowest BCUT2D eigenvalue weighted by molar-refractivity contribution is 0.171. The molecule has 1 atom stereocenters. The molecular weight excluding hydrogens is 274 g/mol. The van der Waals surface area contributed by atoms with Crippen molar-refractivity contribution in [2.75, 3.05) is 13.6 Å². The first-order valence-electron chi connectivity index (χ1n) is 5.39. The van der Waals surface area contributed by atoms with Gasteiger partial charge in [0.05, 0.1) is 6.10 Å². The summed E-state index contributed by atoms with van der Waals surface area (Å²) in [6.07, 6.45) is 0.790. The van der Waals surface area contributed by atoms with Crippen LogP contribution >= 0.6 is 11.6 Å². The van der Waals surface area contributed by atoms with Gasteiger partial charge in [-0.05, 0) is 30.7 Å². The third kappa shape index (κ3) is 4.78. The molecule has 1 aromatic carbocycles. The Hall–Kier alpha value is -0.880. The van der Waals surface area contributed by atoms with Crippen LogP contribution < -0.4 is 0 Å². The zero-order chi connectivity index (χ0) is 13.8. The van der Waals surface area contributed by atoms with Gasteiger partial charge in [-0.3, -0.25) is 0 Å². The maximum atomic E-state index is 11.8. The molecule has 1 N–H and O–H groups in total. The molecule has 0 aliphatic heterocycles. The number of nitrogens with zero attached hydrogens (tertiary/aromatic N) is 1. The Bertz CT molecular complexity index is 509. The molecule has 0 aromatic heterocycles. The van der Waals surface area contributed by atoms with Crippen molar-refractivity contribution in [1.29, 1.82) is 0 Å². The number of sulfonamides is 1. The fourth-order valence-corrected chi connectivity index (χ4v) is 2.40. The fraction of sp³-hybridized carbons (Fsp3) is 0.333. The van der Waals surface area contributed by atoms with Crippen molar-refractivity contribution in [2.24, 2.45) is 0 Å². The Morgan fingerprint density at radius 2 is 1.94 bits per heavy atom. The Labute approximate surface area is 113 Å². The third-order valence-electron chi connectivity index (χ3n) is 2.26. The van der Waals surface area contributed by atoms with E-state index in [1.54, 1.807) is 24.3 Å². The summed E-state index contributed by atoms with van der Waals surface area (Å²) in [4.78, 5) is 0. The van der Waals surface area contributed by atoms with E-state index < -0.39 is 16.1 Å². The predicted molar refractivity (Wildman–Crippen MR) is 73.7 cm³/mol. The van der Waals surface area contributed by atoms with E-state index in [1.807, 2.05) is 0 Å². The van der Waals surface area contributed by atoms with Crippen molar-refractivity contribution in [1.82, 2.24) is 4.31 Å². The van der Waals surface area contributed by atoms with Crippen molar-refractivity contribution in [2.45, 2.75) is 13.0 Å². The maximum Gasteiger partial charge on any atom is 0.236 e. The molecule has 0 aliphatic rings. The first-order valence-corrected chi connectivity index (χ1v) is 7.27. The van der Waals surface area contributed by atoms with Gasteiger partial charge in [-0.15, -0.1) is 0 Å². The lowest BCUT2D eigenvalue weighted by Gasteiger charge is -2.15. The summed E-state index contributed by atoms with van der Waals surface area (Å²) in [5.41, 5.74) is 0.744. The van der Waals surface area contributed by atoms with Crippen LogP contribution in [0.25, 0.3) is 6.08 Å². The van der Waals surface area contributed by atoms with Crippen LogP contribution in [0.3, 0.4) is 0 Å². The molecule has 0 heterocycles. The van der Waals surface area contributed by atoms with Gasteiger partial charge in [0, 0.05) is 24.0 Å². The van der Waals surface area contributed by atoms with Crippen LogP contribution in [0.5, 0.6) is 0 Å². The van der Waals surface area contributed by atoms with Crippen LogP contribution in [-0.4, -0.2) is 37.5 Å². The second-order valence-corrected chi connectivity index (χ2v) is 6.39. The van der Waals surface area contributed by atoms with Crippen molar-refractivity contribution < 1.29 is 13.5 Å². The lowest BCUT2D eigenvalue weighted by atomic mass is 10.2. The van der Waals surface area contributed by atoms with E-state index in [1.165, 1.54) is 20.0 Å². The second kappa shape index (κ2) is 6.33. The van der Waals surface area contributed by atoms with E-state index in [-0.39, 0.29) is 6.54 Å². The molecule has 18 heavy (non-hydrogen) atoms. The van der Waals surface area contributed by atoms with Crippen LogP contribution in [0.2, 0.25) is 5.02 Å². The highest BCUT2D eigenvalue weighted by Gasteiger charge is 2.15. The summed E-state index contributed by atoms with van der Waals surface area (Å²) in [6, 6.07) is 6.83.